The van der Waals surface area contributed by atoms with Crippen LogP contribution >= 0.6 is 11.8 Å². The third-order valence-corrected chi connectivity index (χ3v) is 7.38. The summed E-state index contributed by atoms with van der Waals surface area (Å²) in [6.07, 6.45) is 5.13. The fourth-order valence-corrected chi connectivity index (χ4v) is 5.50. The van der Waals surface area contributed by atoms with Gasteiger partial charge in [-0.3, -0.25) is 4.90 Å². The summed E-state index contributed by atoms with van der Waals surface area (Å²) in [5.74, 6) is 1.90. The topological polar surface area (TPSA) is 57.2 Å². The van der Waals surface area contributed by atoms with Crippen LogP contribution in [0.4, 0.5) is 11.6 Å². The Morgan fingerprint density at radius 1 is 1.00 bits per heavy atom. The first-order valence-electron chi connectivity index (χ1n) is 11.7. The van der Waals surface area contributed by atoms with Gasteiger partial charge in [-0.05, 0) is 51.1 Å². The highest BCUT2D eigenvalue weighted by atomic mass is 32.2. The fourth-order valence-electron chi connectivity index (χ4n) is 5.13. The van der Waals surface area contributed by atoms with Crippen molar-refractivity contribution < 1.29 is 0 Å². The highest BCUT2D eigenvalue weighted by Gasteiger charge is 2.44. The van der Waals surface area contributed by atoms with Crippen LogP contribution in [0.3, 0.4) is 0 Å². The largest absolute Gasteiger partial charge is 0.364 e. The van der Waals surface area contributed by atoms with Crippen LogP contribution in [-0.2, 0) is 0 Å². The van der Waals surface area contributed by atoms with Crippen LogP contribution in [0.2, 0.25) is 0 Å². The molecule has 2 aliphatic rings. The molecule has 1 N–H and O–H groups in total. The monoisotopic (exact) mass is 460 g/mol. The van der Waals surface area contributed by atoms with Gasteiger partial charge >= 0.3 is 0 Å². The van der Waals surface area contributed by atoms with Crippen LogP contribution in [-0.4, -0.2) is 57.3 Å². The Morgan fingerprint density at radius 3 is 2.52 bits per heavy atom. The van der Waals surface area contributed by atoms with Gasteiger partial charge in [0.15, 0.2) is 5.16 Å². The Labute approximate surface area is 200 Å². The number of benzene rings is 1. The van der Waals surface area contributed by atoms with Crippen LogP contribution in [0.25, 0.3) is 11.3 Å². The molecule has 4 heterocycles. The maximum Gasteiger partial charge on any atom is 0.189 e. The average molecular weight is 461 g/mol. The van der Waals surface area contributed by atoms with Crippen LogP contribution in [0.5, 0.6) is 0 Å². The van der Waals surface area contributed by atoms with Gasteiger partial charge in [0.1, 0.15) is 11.6 Å². The number of nitrogens with one attached hydrogen (secondary N) is 1. The average Bonchev–Trinajstić information content (AvgIpc) is 3.46. The van der Waals surface area contributed by atoms with Crippen LogP contribution in [0.1, 0.15) is 38.8 Å². The van der Waals surface area contributed by atoms with Crippen molar-refractivity contribution in [2.24, 2.45) is 0 Å². The van der Waals surface area contributed by atoms with Crippen molar-refractivity contribution in [3.05, 3.63) is 60.3 Å². The van der Waals surface area contributed by atoms with Gasteiger partial charge in [-0.1, -0.05) is 42.1 Å². The molecule has 1 aromatic carbocycles. The quantitative estimate of drug-likeness (QED) is 0.389. The zero-order valence-corrected chi connectivity index (χ0v) is 20.6. The molecule has 3 aromatic rings. The number of thioether (sulfide) groups is 1. The molecule has 7 heteroatoms. The van der Waals surface area contributed by atoms with E-state index < -0.39 is 0 Å². The molecule has 33 heavy (non-hydrogen) atoms. The zero-order chi connectivity index (χ0) is 22.9. The predicted molar refractivity (Wildman–Crippen MR) is 137 cm³/mol. The van der Waals surface area contributed by atoms with Crippen LogP contribution in [0.15, 0.2) is 59.9 Å². The van der Waals surface area contributed by atoms with Gasteiger partial charge in [0.25, 0.3) is 0 Å². The van der Waals surface area contributed by atoms with E-state index in [1.807, 2.05) is 24.6 Å². The number of likely N-dealkylation sites (tertiary alicyclic amines) is 1. The molecule has 0 amide bonds. The molecule has 5 rings (SSSR count). The number of rotatable bonds is 7. The number of hydrogen-bond donors (Lipinski definition) is 1. The first kappa shape index (κ1) is 22.2. The van der Waals surface area contributed by atoms with E-state index in [4.69, 9.17) is 9.97 Å². The standard InChI is InChI=1S/C26H32N6S/c1-17(2)31-15-22-13-21(31)16-32(22)25-14-23(29-26(30-25)33-4)20-10-11-27-24(12-20)28-18(3)19-8-6-5-7-9-19/h5-12,14,17-18,21-22H,13,15-16H2,1-4H3,(H,27,28)/t18-,21?,22?/m0/s1. The van der Waals surface area contributed by atoms with E-state index in [-0.39, 0.29) is 6.04 Å². The van der Waals surface area contributed by atoms with Gasteiger partial charge in [-0.15, -0.1) is 0 Å². The van der Waals surface area contributed by atoms with Crippen molar-refractivity contribution in [3.63, 3.8) is 0 Å². The van der Waals surface area contributed by atoms with Crippen molar-refractivity contribution >= 4 is 23.4 Å². The number of piperazine rings is 1. The van der Waals surface area contributed by atoms with Crippen LogP contribution in [0, 0.1) is 0 Å². The SMILES string of the molecule is CSc1nc(-c2ccnc(N[C@@H](C)c3ccccc3)c2)cc(N2CC3CC2CN3C(C)C)n1. The summed E-state index contributed by atoms with van der Waals surface area (Å²) < 4.78 is 0. The lowest BCUT2D eigenvalue weighted by Crippen LogP contribution is -2.49. The van der Waals surface area contributed by atoms with E-state index in [1.54, 1.807) is 11.8 Å². The number of hydrogen-bond acceptors (Lipinski definition) is 7. The Balaban J connectivity index is 1.39. The second-order valence-corrected chi connectivity index (χ2v) is 10.1. The number of fused-ring (bicyclic) bond motifs is 2. The zero-order valence-electron chi connectivity index (χ0n) is 19.8. The molecule has 2 aromatic heterocycles. The second-order valence-electron chi connectivity index (χ2n) is 9.29. The van der Waals surface area contributed by atoms with E-state index in [0.717, 1.165) is 41.1 Å². The first-order chi connectivity index (χ1) is 16.0. The van der Waals surface area contributed by atoms with Crippen molar-refractivity contribution in [1.82, 2.24) is 19.9 Å². The molecule has 6 nitrogen and oxygen atoms in total. The van der Waals surface area contributed by atoms with Crippen molar-refractivity contribution in [2.45, 2.75) is 56.5 Å². The Morgan fingerprint density at radius 2 is 1.82 bits per heavy atom. The molecular formula is C26H32N6S. The summed E-state index contributed by atoms with van der Waals surface area (Å²) in [5, 5.41) is 4.34. The molecule has 0 radical (unpaired) electrons. The van der Waals surface area contributed by atoms with Gasteiger partial charge in [-0.2, -0.15) is 0 Å². The highest BCUT2D eigenvalue weighted by Crippen LogP contribution is 2.36. The normalized spacial score (nSPS) is 21.1. The summed E-state index contributed by atoms with van der Waals surface area (Å²) in [4.78, 5) is 19.4. The molecule has 0 saturated carbocycles. The van der Waals surface area contributed by atoms with Gasteiger partial charge in [0, 0.05) is 55.1 Å². The van der Waals surface area contributed by atoms with Crippen molar-refractivity contribution in [1.29, 1.82) is 0 Å². The van der Waals surface area contributed by atoms with E-state index >= 15 is 0 Å². The van der Waals surface area contributed by atoms with Gasteiger partial charge < -0.3 is 10.2 Å². The Hall–Kier alpha value is -2.64. The van der Waals surface area contributed by atoms with Crippen LogP contribution < -0.4 is 10.2 Å². The minimum atomic E-state index is 0.167. The van der Waals surface area contributed by atoms with E-state index in [1.165, 1.54) is 12.0 Å². The Bertz CT molecular complexity index is 1100. The molecule has 172 valence electrons. The summed E-state index contributed by atoms with van der Waals surface area (Å²) in [7, 11) is 0. The van der Waals surface area contributed by atoms with Gasteiger partial charge in [0.05, 0.1) is 5.69 Å². The highest BCUT2D eigenvalue weighted by molar-refractivity contribution is 7.98. The third kappa shape index (κ3) is 4.57. The minimum absolute atomic E-state index is 0.167. The number of anilines is 2. The molecule has 2 aliphatic heterocycles. The summed E-state index contributed by atoms with van der Waals surface area (Å²) in [6, 6.07) is 18.6. The molecule has 2 unspecified atom stereocenters. The smallest absolute Gasteiger partial charge is 0.189 e. The predicted octanol–water partition coefficient (Wildman–Crippen LogP) is 5.10. The minimum Gasteiger partial charge on any atom is -0.364 e. The summed E-state index contributed by atoms with van der Waals surface area (Å²) >= 11 is 1.60. The lowest BCUT2D eigenvalue weighted by molar-refractivity contribution is 0.191. The molecule has 2 bridgehead atoms. The summed E-state index contributed by atoms with van der Waals surface area (Å²) in [5.41, 5.74) is 3.24. The van der Waals surface area contributed by atoms with E-state index in [0.29, 0.717) is 18.1 Å². The first-order valence-corrected chi connectivity index (χ1v) is 13.0. The van der Waals surface area contributed by atoms with E-state index in [9.17, 15) is 0 Å². The lowest BCUT2D eigenvalue weighted by atomic mass is 10.1. The lowest BCUT2D eigenvalue weighted by Gasteiger charge is -2.37. The fraction of sp³-hybridized carbons (Fsp3) is 0.423. The summed E-state index contributed by atoms with van der Waals surface area (Å²) in [6.45, 7) is 8.92. The molecule has 0 spiro atoms. The maximum absolute atomic E-state index is 4.89. The second kappa shape index (κ2) is 9.31. The number of pyridine rings is 1. The van der Waals surface area contributed by atoms with Gasteiger partial charge in [-0.25, -0.2) is 15.0 Å². The Kier molecular flexibility index (Phi) is 6.25. The molecule has 2 saturated heterocycles. The van der Waals surface area contributed by atoms with Crippen molar-refractivity contribution in [2.75, 3.05) is 29.6 Å². The van der Waals surface area contributed by atoms with Crippen molar-refractivity contribution in [3.8, 4) is 11.3 Å². The van der Waals surface area contributed by atoms with E-state index in [2.05, 4.69) is 77.3 Å². The van der Waals surface area contributed by atoms with Gasteiger partial charge in [0.2, 0.25) is 0 Å². The molecule has 0 aliphatic carbocycles. The molecule has 3 atom stereocenters. The third-order valence-electron chi connectivity index (χ3n) is 6.83. The maximum atomic E-state index is 4.89. The molecular weight excluding hydrogens is 428 g/mol. The molecule has 2 fully saturated rings. The number of nitrogens with zero attached hydrogens (tertiary/aromatic N) is 5. The number of aromatic nitrogens is 3.